The molecule has 0 bridgehead atoms. The summed E-state index contributed by atoms with van der Waals surface area (Å²) in [6, 6.07) is 0. The van der Waals surface area contributed by atoms with E-state index in [-0.39, 0.29) is 6.42 Å². The molecule has 1 amide bonds. The summed E-state index contributed by atoms with van der Waals surface area (Å²) < 4.78 is 34.3. The van der Waals surface area contributed by atoms with Gasteiger partial charge in [0, 0.05) is 6.20 Å². The molecule has 4 N–H and O–H groups in total. The van der Waals surface area contributed by atoms with Crippen molar-refractivity contribution in [3.63, 3.8) is 0 Å². The first-order valence-electron chi connectivity index (χ1n) is 6.51. The number of aliphatic hydroxyl groups is 2. The maximum Gasteiger partial charge on any atom is 0.469 e. The predicted octanol–water partition coefficient (Wildman–Crippen LogP) is -0.468. The molecule has 2 aliphatic heterocycles. The van der Waals surface area contributed by atoms with Crippen molar-refractivity contribution in [2.24, 2.45) is 0 Å². The van der Waals surface area contributed by atoms with Crippen LogP contribution in [0.2, 0.25) is 0 Å². The fourth-order valence-corrected chi connectivity index (χ4v) is 2.73. The van der Waals surface area contributed by atoms with Gasteiger partial charge in [-0.2, -0.15) is 0 Å². The highest BCUT2D eigenvalue weighted by molar-refractivity contribution is 7.46. The first kappa shape index (κ1) is 18.2. The number of ether oxygens (including phenoxy) is 1. The third-order valence-corrected chi connectivity index (χ3v) is 4.05. The summed E-state index contributed by atoms with van der Waals surface area (Å²) in [6.07, 6.45) is -1.23. The van der Waals surface area contributed by atoms with E-state index in [1.807, 2.05) is 0 Å². The molecule has 2 rings (SSSR count). The molecule has 1 fully saturated rings. The first-order valence-corrected chi connectivity index (χ1v) is 8.04. The summed E-state index contributed by atoms with van der Waals surface area (Å²) in [5.41, 5.74) is -1.74. The highest BCUT2D eigenvalue weighted by atomic mass is 31.2. The van der Waals surface area contributed by atoms with Gasteiger partial charge in [-0.3, -0.25) is 14.2 Å². The Morgan fingerprint density at radius 2 is 2.22 bits per heavy atom. The molecular formula is C12H17FNO8P. The molecule has 9 nitrogen and oxygen atoms in total. The lowest BCUT2D eigenvalue weighted by Crippen LogP contribution is -2.54. The minimum absolute atomic E-state index is 0.0825. The Kier molecular flexibility index (Phi) is 4.55. The zero-order valence-electron chi connectivity index (χ0n) is 12.1. The second-order valence-corrected chi connectivity index (χ2v) is 6.84. The highest BCUT2D eigenvalue weighted by Gasteiger charge is 2.64. The summed E-state index contributed by atoms with van der Waals surface area (Å²) in [5, 5.41) is 20.3. The zero-order chi connectivity index (χ0) is 17.6. The molecule has 23 heavy (non-hydrogen) atoms. The number of amides is 1. The van der Waals surface area contributed by atoms with Gasteiger partial charge in [-0.15, -0.1) is 0 Å². The normalized spacial score (nSPS) is 38.4. The topological polar surface area (TPSA) is 137 Å². The Hall–Kier alpha value is -1.13. The molecular weight excluding hydrogens is 336 g/mol. The van der Waals surface area contributed by atoms with E-state index in [1.54, 1.807) is 0 Å². The molecule has 0 spiro atoms. The number of phosphoric acid groups is 1. The molecule has 11 heteroatoms. The molecule has 0 unspecified atom stereocenters. The van der Waals surface area contributed by atoms with Gasteiger partial charge in [0.2, 0.25) is 5.91 Å². The molecule has 130 valence electrons. The van der Waals surface area contributed by atoms with E-state index in [1.165, 1.54) is 12.3 Å². The van der Waals surface area contributed by atoms with Crippen LogP contribution in [0, 0.1) is 0 Å². The number of nitrogens with zero attached hydrogens (tertiary/aromatic N) is 1. The van der Waals surface area contributed by atoms with Crippen molar-refractivity contribution in [3.05, 3.63) is 24.4 Å². The number of carbonyl (C=O) groups is 1. The fraction of sp³-hybridized carbons (Fsp3) is 0.583. The monoisotopic (exact) mass is 353 g/mol. The van der Waals surface area contributed by atoms with Gasteiger partial charge in [0.15, 0.2) is 6.23 Å². The van der Waals surface area contributed by atoms with Crippen LogP contribution < -0.4 is 0 Å². The maximum atomic E-state index is 14.7. The first-order chi connectivity index (χ1) is 10.4. The summed E-state index contributed by atoms with van der Waals surface area (Å²) in [6.45, 7) is 3.30. The standard InChI is InChI=1S/C12H17FNO8P/c1-7-3-4-14(8(15)5-7)10-11(2,17)9(16)12(13,22-10)6-21-23(18,19)20/h3-4,9-10,16-17H,1,5-6H2,2H3,(H2,18,19,20)/t9-,10+,11+,12+/m0/s1. The Bertz CT molecular complexity index is 602. The second-order valence-electron chi connectivity index (χ2n) is 5.60. The third kappa shape index (κ3) is 3.53. The number of rotatable bonds is 4. The van der Waals surface area contributed by atoms with Gasteiger partial charge in [-0.05, 0) is 18.6 Å². The largest absolute Gasteiger partial charge is 0.469 e. The zero-order valence-corrected chi connectivity index (χ0v) is 13.0. The van der Waals surface area contributed by atoms with Crippen LogP contribution in [0.3, 0.4) is 0 Å². The summed E-state index contributed by atoms with van der Waals surface area (Å²) >= 11 is 0. The lowest BCUT2D eigenvalue weighted by atomic mass is 9.94. The van der Waals surface area contributed by atoms with E-state index in [4.69, 9.17) is 14.5 Å². The smallest absolute Gasteiger partial charge is 0.384 e. The van der Waals surface area contributed by atoms with Crippen LogP contribution in [-0.2, 0) is 18.6 Å². The second kappa shape index (κ2) is 5.75. The number of allylic oxidation sites excluding steroid dienone is 1. The van der Waals surface area contributed by atoms with Crippen LogP contribution in [0.1, 0.15) is 13.3 Å². The molecule has 4 atom stereocenters. The van der Waals surface area contributed by atoms with Crippen molar-refractivity contribution in [2.45, 2.75) is 37.1 Å². The Morgan fingerprint density at radius 3 is 2.74 bits per heavy atom. The molecule has 2 heterocycles. The van der Waals surface area contributed by atoms with Crippen LogP contribution in [0.25, 0.3) is 0 Å². The van der Waals surface area contributed by atoms with Crippen molar-refractivity contribution in [3.8, 4) is 0 Å². The maximum absolute atomic E-state index is 14.7. The molecule has 0 aromatic rings. The van der Waals surface area contributed by atoms with Crippen LogP contribution in [0.5, 0.6) is 0 Å². The minimum Gasteiger partial charge on any atom is -0.384 e. The average molecular weight is 353 g/mol. The van der Waals surface area contributed by atoms with E-state index in [0.29, 0.717) is 5.57 Å². The van der Waals surface area contributed by atoms with Gasteiger partial charge in [0.1, 0.15) is 18.3 Å². The number of alkyl halides is 1. The van der Waals surface area contributed by atoms with Gasteiger partial charge in [-0.25, -0.2) is 8.96 Å². The molecule has 2 aliphatic rings. The van der Waals surface area contributed by atoms with E-state index in [9.17, 15) is 24.0 Å². The van der Waals surface area contributed by atoms with Gasteiger partial charge in [0.25, 0.3) is 5.85 Å². The number of aliphatic hydroxyl groups excluding tert-OH is 1. The van der Waals surface area contributed by atoms with Gasteiger partial charge >= 0.3 is 7.82 Å². The molecule has 0 aliphatic carbocycles. The molecule has 0 saturated carbocycles. The number of hydrogen-bond acceptors (Lipinski definition) is 6. The average Bonchev–Trinajstić information content (AvgIpc) is 2.58. The van der Waals surface area contributed by atoms with Gasteiger partial charge < -0.3 is 24.7 Å². The van der Waals surface area contributed by atoms with Crippen LogP contribution in [-0.4, -0.2) is 61.2 Å². The van der Waals surface area contributed by atoms with Crippen molar-refractivity contribution < 1.29 is 43.0 Å². The van der Waals surface area contributed by atoms with Crippen LogP contribution in [0.4, 0.5) is 4.39 Å². The fourth-order valence-electron chi connectivity index (χ4n) is 2.39. The van der Waals surface area contributed by atoms with Gasteiger partial charge in [0.05, 0.1) is 6.42 Å². The quantitative estimate of drug-likeness (QED) is 0.498. The predicted molar refractivity (Wildman–Crippen MR) is 73.1 cm³/mol. The van der Waals surface area contributed by atoms with E-state index >= 15 is 0 Å². The Balaban J connectivity index is 2.26. The van der Waals surface area contributed by atoms with Crippen molar-refractivity contribution in [1.29, 1.82) is 0 Å². The van der Waals surface area contributed by atoms with Crippen molar-refractivity contribution in [1.82, 2.24) is 4.90 Å². The summed E-state index contributed by atoms with van der Waals surface area (Å²) in [4.78, 5) is 30.1. The number of phosphoric ester groups is 1. The van der Waals surface area contributed by atoms with E-state index in [2.05, 4.69) is 11.1 Å². The van der Waals surface area contributed by atoms with Crippen LogP contribution in [0.15, 0.2) is 24.4 Å². The summed E-state index contributed by atoms with van der Waals surface area (Å²) in [5.74, 6) is -3.66. The minimum atomic E-state index is -5.02. The van der Waals surface area contributed by atoms with Crippen molar-refractivity contribution in [2.75, 3.05) is 6.61 Å². The highest BCUT2D eigenvalue weighted by Crippen LogP contribution is 2.45. The third-order valence-electron chi connectivity index (χ3n) is 3.59. The van der Waals surface area contributed by atoms with Crippen LogP contribution >= 0.6 is 7.82 Å². The number of hydrogen-bond donors (Lipinski definition) is 4. The SMILES string of the molecule is C=C1C=CN([C@@H]2O[C@](F)(COP(=O)(O)O)[C@@H](O)[C@@]2(C)O)C(=O)C1. The Labute approximate surface area is 130 Å². The molecule has 0 aromatic heterocycles. The van der Waals surface area contributed by atoms with E-state index < -0.39 is 44.1 Å². The Morgan fingerprint density at radius 1 is 1.61 bits per heavy atom. The number of carbonyl (C=O) groups excluding carboxylic acids is 1. The molecule has 0 aromatic carbocycles. The summed E-state index contributed by atoms with van der Waals surface area (Å²) in [7, 11) is -5.02. The number of halogens is 1. The lowest BCUT2D eigenvalue weighted by Gasteiger charge is -2.34. The van der Waals surface area contributed by atoms with Gasteiger partial charge in [-0.1, -0.05) is 6.58 Å². The van der Waals surface area contributed by atoms with Crippen molar-refractivity contribution >= 4 is 13.7 Å². The van der Waals surface area contributed by atoms with E-state index in [0.717, 1.165) is 11.8 Å². The molecule has 1 saturated heterocycles. The molecule has 0 radical (unpaired) electrons. The lowest BCUT2D eigenvalue weighted by molar-refractivity contribution is -0.210.